The van der Waals surface area contributed by atoms with Crippen LogP contribution in [0.2, 0.25) is 0 Å². The summed E-state index contributed by atoms with van der Waals surface area (Å²) in [5, 5.41) is 8.90. The Hall–Kier alpha value is -1.33. The van der Waals surface area contributed by atoms with Gasteiger partial charge in [0, 0.05) is 9.79 Å². The lowest BCUT2D eigenvalue weighted by atomic mass is 10.1. The minimum absolute atomic E-state index is 0.0340. The van der Waals surface area contributed by atoms with Crippen LogP contribution in [0.4, 0.5) is 13.2 Å². The molecule has 0 N–H and O–H groups in total. The average Bonchev–Trinajstić information content (AvgIpc) is 2.27. The predicted octanol–water partition coefficient (Wildman–Crippen LogP) is 3.64. The fourth-order valence-electron chi connectivity index (χ4n) is 1.26. The zero-order chi connectivity index (χ0) is 14.6. The quantitative estimate of drug-likeness (QED) is 0.526. The molecule has 102 valence electrons. The summed E-state index contributed by atoms with van der Waals surface area (Å²) >= 11 is 3.52. The predicted molar refractivity (Wildman–Crippen MR) is 66.3 cm³/mol. The molecular weight excluding hydrogens is 299 g/mol. The van der Waals surface area contributed by atoms with E-state index in [-0.39, 0.29) is 27.5 Å². The van der Waals surface area contributed by atoms with Crippen LogP contribution in [0.3, 0.4) is 0 Å². The van der Waals surface area contributed by atoms with Gasteiger partial charge >= 0.3 is 11.5 Å². The van der Waals surface area contributed by atoms with E-state index in [1.165, 1.54) is 0 Å². The van der Waals surface area contributed by atoms with E-state index in [1.54, 1.807) is 13.0 Å². The molecule has 3 nitrogen and oxygen atoms in total. The Morgan fingerprint density at radius 3 is 2.63 bits per heavy atom. The highest BCUT2D eigenvalue weighted by molar-refractivity contribution is 8.00. The van der Waals surface area contributed by atoms with Crippen LogP contribution in [0, 0.1) is 11.3 Å². The van der Waals surface area contributed by atoms with Crippen LogP contribution >= 0.6 is 24.4 Å². The van der Waals surface area contributed by atoms with Gasteiger partial charge < -0.3 is 4.74 Å². The van der Waals surface area contributed by atoms with Crippen LogP contribution in [-0.4, -0.2) is 18.1 Å². The maximum Gasteiger partial charge on any atom is 0.446 e. The van der Waals surface area contributed by atoms with Gasteiger partial charge in [-0.25, -0.2) is 4.79 Å². The van der Waals surface area contributed by atoms with E-state index in [0.29, 0.717) is 0 Å². The van der Waals surface area contributed by atoms with Gasteiger partial charge in [-0.3, -0.25) is 0 Å². The third-order valence-electron chi connectivity index (χ3n) is 1.97. The molecule has 0 aromatic heterocycles. The van der Waals surface area contributed by atoms with Gasteiger partial charge in [0.2, 0.25) is 0 Å². The van der Waals surface area contributed by atoms with Gasteiger partial charge in [0.25, 0.3) is 0 Å². The van der Waals surface area contributed by atoms with Gasteiger partial charge in [-0.05, 0) is 30.8 Å². The van der Waals surface area contributed by atoms with Crippen LogP contribution in [0.1, 0.15) is 22.8 Å². The first kappa shape index (κ1) is 15.7. The minimum atomic E-state index is -4.52. The zero-order valence-electron chi connectivity index (χ0n) is 9.61. The second kappa shape index (κ2) is 6.21. The summed E-state index contributed by atoms with van der Waals surface area (Å²) in [5.74, 6) is -0.729. The smallest absolute Gasteiger partial charge is 0.446 e. The number of carbonyl (C=O) groups excluding carboxylic acids is 1. The molecule has 0 aliphatic rings. The van der Waals surface area contributed by atoms with E-state index in [4.69, 9.17) is 10.00 Å². The number of carbonyl (C=O) groups is 1. The van der Waals surface area contributed by atoms with Crippen molar-refractivity contribution in [1.82, 2.24) is 0 Å². The fourth-order valence-corrected chi connectivity index (χ4v) is 2.31. The summed E-state index contributed by atoms with van der Waals surface area (Å²) in [4.78, 5) is 11.1. The van der Waals surface area contributed by atoms with Crippen molar-refractivity contribution in [3.05, 3.63) is 23.3 Å². The van der Waals surface area contributed by atoms with E-state index in [0.717, 1.165) is 12.1 Å². The topological polar surface area (TPSA) is 50.1 Å². The molecule has 0 atom stereocenters. The highest BCUT2D eigenvalue weighted by Crippen LogP contribution is 2.40. The maximum atomic E-state index is 12.3. The Bertz CT molecular complexity index is 538. The molecule has 0 fully saturated rings. The van der Waals surface area contributed by atoms with Crippen LogP contribution in [-0.2, 0) is 4.74 Å². The van der Waals surface area contributed by atoms with Gasteiger partial charge in [-0.2, -0.15) is 18.4 Å². The van der Waals surface area contributed by atoms with E-state index in [9.17, 15) is 18.0 Å². The molecule has 0 saturated carbocycles. The molecule has 0 aliphatic carbocycles. The van der Waals surface area contributed by atoms with Crippen molar-refractivity contribution in [3.63, 3.8) is 0 Å². The van der Waals surface area contributed by atoms with E-state index >= 15 is 0 Å². The summed E-state index contributed by atoms with van der Waals surface area (Å²) in [6.45, 7) is 1.71. The molecule has 0 amide bonds. The van der Waals surface area contributed by atoms with Crippen molar-refractivity contribution < 1.29 is 22.7 Å². The standard InChI is InChI=1S/C11H8F3NO2S2/c1-2-17-10(16)6-3-4-8(19-11(12,13)14)7(5-15)9(6)18/h3-4,18H,2H2,1H3. The second-order valence-electron chi connectivity index (χ2n) is 3.21. The van der Waals surface area contributed by atoms with Crippen molar-refractivity contribution in [3.8, 4) is 6.07 Å². The van der Waals surface area contributed by atoms with E-state index in [1.807, 2.05) is 0 Å². The number of hydrogen-bond donors (Lipinski definition) is 1. The number of alkyl halides is 3. The summed E-state index contributed by atoms with van der Waals surface area (Å²) in [6, 6.07) is 3.84. The number of nitrogens with zero attached hydrogens (tertiary/aromatic N) is 1. The number of thioether (sulfide) groups is 1. The molecule has 0 unspecified atom stereocenters. The number of hydrogen-bond acceptors (Lipinski definition) is 5. The van der Waals surface area contributed by atoms with Gasteiger partial charge in [0.05, 0.1) is 17.7 Å². The minimum Gasteiger partial charge on any atom is -0.462 e. The average molecular weight is 307 g/mol. The van der Waals surface area contributed by atoms with Crippen molar-refractivity contribution >= 4 is 30.4 Å². The SMILES string of the molecule is CCOC(=O)c1ccc(SC(F)(F)F)c(C#N)c1S. The molecule has 1 aromatic rings. The van der Waals surface area contributed by atoms with Gasteiger partial charge in [-0.15, -0.1) is 12.6 Å². The van der Waals surface area contributed by atoms with E-state index in [2.05, 4.69) is 12.6 Å². The normalized spacial score (nSPS) is 10.9. The second-order valence-corrected chi connectivity index (χ2v) is 4.77. The number of nitriles is 1. The first-order chi connectivity index (χ1) is 8.80. The van der Waals surface area contributed by atoms with Crippen molar-refractivity contribution in [2.45, 2.75) is 22.2 Å². The lowest BCUT2D eigenvalue weighted by molar-refractivity contribution is -0.0328. The number of esters is 1. The Morgan fingerprint density at radius 1 is 1.53 bits per heavy atom. The largest absolute Gasteiger partial charge is 0.462 e. The molecule has 0 spiro atoms. The van der Waals surface area contributed by atoms with Gasteiger partial charge in [0.15, 0.2) is 0 Å². The van der Waals surface area contributed by atoms with Crippen molar-refractivity contribution in [2.24, 2.45) is 0 Å². The molecule has 1 aromatic carbocycles. The summed E-state index contributed by atoms with van der Waals surface area (Å²) in [6.07, 6.45) is 0. The Balaban J connectivity index is 3.24. The maximum absolute atomic E-state index is 12.3. The molecule has 1 rings (SSSR count). The first-order valence-corrected chi connectivity index (χ1v) is 6.25. The monoisotopic (exact) mass is 307 g/mol. The fraction of sp³-hybridized carbons (Fsp3) is 0.273. The summed E-state index contributed by atoms with van der Waals surface area (Å²) in [7, 11) is 0. The number of benzene rings is 1. The first-order valence-electron chi connectivity index (χ1n) is 4.99. The van der Waals surface area contributed by atoms with Gasteiger partial charge in [-0.1, -0.05) is 0 Å². The number of thiol groups is 1. The molecule has 8 heteroatoms. The highest BCUT2D eigenvalue weighted by atomic mass is 32.2. The van der Waals surface area contributed by atoms with Gasteiger partial charge in [0.1, 0.15) is 6.07 Å². The lowest BCUT2D eigenvalue weighted by Gasteiger charge is -2.11. The van der Waals surface area contributed by atoms with Crippen LogP contribution < -0.4 is 0 Å². The molecule has 0 aliphatic heterocycles. The number of rotatable bonds is 3. The number of ether oxygens (including phenoxy) is 1. The van der Waals surface area contributed by atoms with Crippen molar-refractivity contribution in [2.75, 3.05) is 6.61 Å². The van der Waals surface area contributed by atoms with Crippen molar-refractivity contribution in [1.29, 1.82) is 5.26 Å². The van der Waals surface area contributed by atoms with E-state index < -0.39 is 23.2 Å². The summed E-state index contributed by atoms with van der Waals surface area (Å²) in [5.41, 5.74) is -4.85. The summed E-state index contributed by atoms with van der Waals surface area (Å²) < 4.78 is 41.6. The van der Waals surface area contributed by atoms with Crippen LogP contribution in [0.5, 0.6) is 0 Å². The molecule has 19 heavy (non-hydrogen) atoms. The highest BCUT2D eigenvalue weighted by Gasteiger charge is 2.31. The molecule has 0 saturated heterocycles. The zero-order valence-corrected chi connectivity index (χ0v) is 11.3. The lowest BCUT2D eigenvalue weighted by Crippen LogP contribution is -2.08. The van der Waals surface area contributed by atoms with Crippen LogP contribution in [0.15, 0.2) is 21.9 Å². The Kier molecular flexibility index (Phi) is 5.14. The van der Waals surface area contributed by atoms with Crippen LogP contribution in [0.25, 0.3) is 0 Å². The molecule has 0 radical (unpaired) electrons. The molecular formula is C11H8F3NO2S2. The third-order valence-corrected chi connectivity index (χ3v) is 3.23. The number of halogens is 3. The Labute approximate surface area is 117 Å². The Morgan fingerprint density at radius 2 is 2.16 bits per heavy atom. The third kappa shape index (κ3) is 4.08. The molecule has 0 bridgehead atoms. The molecule has 0 heterocycles.